The number of aryl methyl sites for hydroxylation is 1. The van der Waals surface area contributed by atoms with Crippen LogP contribution in [0.3, 0.4) is 0 Å². The van der Waals surface area contributed by atoms with E-state index < -0.39 is 0 Å². The topological polar surface area (TPSA) is 66.9 Å². The zero-order valence-corrected chi connectivity index (χ0v) is 12.5. The first kappa shape index (κ1) is 14.0. The Labute approximate surface area is 124 Å². The number of nitrogens with one attached hydrogen (secondary N) is 1. The molecule has 1 unspecified atom stereocenters. The lowest BCUT2D eigenvalue weighted by atomic mass is 10.2. The molecule has 0 spiro atoms. The van der Waals surface area contributed by atoms with Crippen molar-refractivity contribution in [1.82, 2.24) is 25.1 Å². The highest BCUT2D eigenvalue weighted by Gasteiger charge is 2.28. The van der Waals surface area contributed by atoms with Crippen molar-refractivity contribution < 1.29 is 4.74 Å². The molecule has 0 amide bonds. The summed E-state index contributed by atoms with van der Waals surface area (Å²) >= 11 is 0. The first-order valence-corrected chi connectivity index (χ1v) is 7.47. The molecule has 6 heteroatoms. The van der Waals surface area contributed by atoms with Gasteiger partial charge in [0.1, 0.15) is 5.82 Å². The van der Waals surface area contributed by atoms with E-state index in [1.165, 1.54) is 12.0 Å². The minimum absolute atomic E-state index is 0.307. The van der Waals surface area contributed by atoms with Gasteiger partial charge >= 0.3 is 0 Å². The summed E-state index contributed by atoms with van der Waals surface area (Å²) in [6.07, 6.45) is 4.19. The van der Waals surface area contributed by atoms with Crippen molar-refractivity contribution in [2.45, 2.75) is 39.3 Å². The molecule has 1 aliphatic heterocycles. The molecular formula is C15H21N5O. The average molecular weight is 287 g/mol. The summed E-state index contributed by atoms with van der Waals surface area (Å²) in [6, 6.07) is 4.32. The highest BCUT2D eigenvalue weighted by Crippen LogP contribution is 2.31. The molecule has 21 heavy (non-hydrogen) atoms. The van der Waals surface area contributed by atoms with Gasteiger partial charge in [0.2, 0.25) is 5.88 Å². The molecule has 0 radical (unpaired) electrons. The Morgan fingerprint density at radius 1 is 1.43 bits per heavy atom. The molecule has 0 saturated carbocycles. The van der Waals surface area contributed by atoms with Crippen LogP contribution in [-0.2, 0) is 6.54 Å². The van der Waals surface area contributed by atoms with Gasteiger partial charge in [0.25, 0.3) is 0 Å². The van der Waals surface area contributed by atoms with Crippen LogP contribution in [0.2, 0.25) is 0 Å². The third-order valence-electron chi connectivity index (χ3n) is 3.75. The van der Waals surface area contributed by atoms with E-state index in [0.29, 0.717) is 18.5 Å². The number of ether oxygens (including phenoxy) is 1. The van der Waals surface area contributed by atoms with Crippen molar-refractivity contribution >= 4 is 0 Å². The number of aromatic amines is 1. The van der Waals surface area contributed by atoms with Gasteiger partial charge in [-0.3, -0.25) is 10.00 Å². The first-order chi connectivity index (χ1) is 10.3. The lowest BCUT2D eigenvalue weighted by Crippen LogP contribution is -2.23. The van der Waals surface area contributed by atoms with Gasteiger partial charge in [-0.05, 0) is 38.8 Å². The molecule has 2 aromatic heterocycles. The SMILES string of the molecule is CCOc1ccc(CN2CCCC2c2n[nH]c(C)n2)cn1. The molecule has 1 saturated heterocycles. The molecule has 0 aliphatic carbocycles. The largest absolute Gasteiger partial charge is 0.478 e. The van der Waals surface area contributed by atoms with Crippen LogP contribution < -0.4 is 4.74 Å². The Balaban J connectivity index is 1.68. The second-order valence-corrected chi connectivity index (χ2v) is 5.35. The van der Waals surface area contributed by atoms with Crippen LogP contribution in [0.15, 0.2) is 18.3 Å². The van der Waals surface area contributed by atoms with E-state index in [1.807, 2.05) is 26.1 Å². The standard InChI is InChI=1S/C15H21N5O/c1-3-21-14-7-6-12(9-16-14)10-20-8-4-5-13(20)15-17-11(2)18-19-15/h6-7,9,13H,3-5,8,10H2,1-2H3,(H,17,18,19). The molecule has 112 valence electrons. The first-order valence-electron chi connectivity index (χ1n) is 7.47. The number of likely N-dealkylation sites (tertiary alicyclic amines) is 1. The molecule has 6 nitrogen and oxygen atoms in total. The van der Waals surface area contributed by atoms with Crippen LogP contribution in [0, 0.1) is 6.92 Å². The summed E-state index contributed by atoms with van der Waals surface area (Å²) in [5.74, 6) is 2.47. The van der Waals surface area contributed by atoms with Crippen molar-refractivity contribution in [3.05, 3.63) is 35.5 Å². The Hall–Kier alpha value is -1.95. The summed E-state index contributed by atoms with van der Waals surface area (Å²) in [4.78, 5) is 11.2. The maximum absolute atomic E-state index is 5.38. The van der Waals surface area contributed by atoms with Crippen molar-refractivity contribution in [3.63, 3.8) is 0 Å². The predicted molar refractivity (Wildman–Crippen MR) is 78.9 cm³/mol. The number of pyridine rings is 1. The van der Waals surface area contributed by atoms with E-state index in [9.17, 15) is 0 Å². The third kappa shape index (κ3) is 3.21. The molecule has 0 aromatic carbocycles. The zero-order valence-electron chi connectivity index (χ0n) is 12.5. The Morgan fingerprint density at radius 2 is 2.33 bits per heavy atom. The maximum Gasteiger partial charge on any atom is 0.213 e. The molecule has 1 N–H and O–H groups in total. The molecule has 1 atom stereocenters. The highest BCUT2D eigenvalue weighted by atomic mass is 16.5. The molecule has 2 aromatic rings. The minimum atomic E-state index is 0.307. The number of hydrogen-bond acceptors (Lipinski definition) is 5. The lowest BCUT2D eigenvalue weighted by Gasteiger charge is -2.22. The maximum atomic E-state index is 5.38. The van der Waals surface area contributed by atoms with Crippen molar-refractivity contribution in [2.75, 3.05) is 13.2 Å². The predicted octanol–water partition coefficient (Wildman–Crippen LogP) is 2.24. The van der Waals surface area contributed by atoms with Gasteiger partial charge in [0.15, 0.2) is 5.82 Å². The number of H-pyrrole nitrogens is 1. The van der Waals surface area contributed by atoms with Crippen LogP contribution >= 0.6 is 0 Å². The van der Waals surface area contributed by atoms with Gasteiger partial charge in [-0.2, -0.15) is 5.10 Å². The summed E-state index contributed by atoms with van der Waals surface area (Å²) in [5, 5.41) is 7.25. The third-order valence-corrected chi connectivity index (χ3v) is 3.75. The lowest BCUT2D eigenvalue weighted by molar-refractivity contribution is 0.239. The number of hydrogen-bond donors (Lipinski definition) is 1. The molecular weight excluding hydrogens is 266 g/mol. The Bertz CT molecular complexity index is 580. The van der Waals surface area contributed by atoms with Gasteiger partial charge in [-0.25, -0.2) is 9.97 Å². The smallest absolute Gasteiger partial charge is 0.213 e. The second-order valence-electron chi connectivity index (χ2n) is 5.35. The van der Waals surface area contributed by atoms with E-state index in [-0.39, 0.29) is 0 Å². The van der Waals surface area contributed by atoms with Crippen LogP contribution in [0.25, 0.3) is 0 Å². The van der Waals surface area contributed by atoms with Gasteiger partial charge in [0.05, 0.1) is 12.6 Å². The van der Waals surface area contributed by atoms with Crippen molar-refractivity contribution in [3.8, 4) is 5.88 Å². The fraction of sp³-hybridized carbons (Fsp3) is 0.533. The number of nitrogens with zero attached hydrogens (tertiary/aromatic N) is 4. The fourth-order valence-corrected chi connectivity index (χ4v) is 2.79. The zero-order chi connectivity index (χ0) is 14.7. The van der Waals surface area contributed by atoms with Gasteiger partial charge < -0.3 is 4.74 Å². The minimum Gasteiger partial charge on any atom is -0.478 e. The summed E-state index contributed by atoms with van der Waals surface area (Å²) in [6.45, 7) is 6.49. The van der Waals surface area contributed by atoms with Crippen LogP contribution in [-0.4, -0.2) is 38.2 Å². The summed E-state index contributed by atoms with van der Waals surface area (Å²) in [5.41, 5.74) is 1.19. The van der Waals surface area contributed by atoms with Gasteiger partial charge in [0, 0.05) is 18.8 Å². The molecule has 1 aliphatic rings. The quantitative estimate of drug-likeness (QED) is 0.913. The highest BCUT2D eigenvalue weighted by molar-refractivity contribution is 5.18. The monoisotopic (exact) mass is 287 g/mol. The van der Waals surface area contributed by atoms with E-state index in [0.717, 1.165) is 31.2 Å². The van der Waals surface area contributed by atoms with E-state index in [2.05, 4.69) is 31.1 Å². The Kier molecular flexibility index (Phi) is 4.15. The van der Waals surface area contributed by atoms with E-state index >= 15 is 0 Å². The van der Waals surface area contributed by atoms with Crippen LogP contribution in [0.5, 0.6) is 5.88 Å². The van der Waals surface area contributed by atoms with Crippen LogP contribution in [0.4, 0.5) is 0 Å². The number of aromatic nitrogens is 4. The molecule has 1 fully saturated rings. The van der Waals surface area contributed by atoms with Crippen LogP contribution in [0.1, 0.15) is 43.0 Å². The second kappa shape index (κ2) is 6.22. The molecule has 3 heterocycles. The van der Waals surface area contributed by atoms with Gasteiger partial charge in [-0.1, -0.05) is 6.07 Å². The Morgan fingerprint density at radius 3 is 3.00 bits per heavy atom. The molecule has 0 bridgehead atoms. The summed E-state index contributed by atoms with van der Waals surface area (Å²) < 4.78 is 5.38. The van der Waals surface area contributed by atoms with Crippen molar-refractivity contribution in [2.24, 2.45) is 0 Å². The van der Waals surface area contributed by atoms with E-state index in [1.54, 1.807) is 0 Å². The fourth-order valence-electron chi connectivity index (χ4n) is 2.79. The number of rotatable bonds is 5. The van der Waals surface area contributed by atoms with Crippen molar-refractivity contribution in [1.29, 1.82) is 0 Å². The normalized spacial score (nSPS) is 19.0. The van der Waals surface area contributed by atoms with E-state index in [4.69, 9.17) is 4.74 Å². The van der Waals surface area contributed by atoms with Gasteiger partial charge in [-0.15, -0.1) is 0 Å². The summed E-state index contributed by atoms with van der Waals surface area (Å²) in [7, 11) is 0. The molecule has 3 rings (SSSR count). The average Bonchev–Trinajstić information content (AvgIpc) is 3.10.